The largest absolute Gasteiger partial charge is 0.435 e. The molecule has 80 valence electrons. The van der Waals surface area contributed by atoms with Crippen LogP contribution in [0.1, 0.15) is 20.8 Å². The Labute approximate surface area is 83.8 Å². The van der Waals surface area contributed by atoms with E-state index in [0.29, 0.717) is 13.2 Å². The smallest absolute Gasteiger partial charge is 0.321 e. The minimum Gasteiger partial charge on any atom is -0.435 e. The molecular formula is C10H16O4. The van der Waals surface area contributed by atoms with E-state index in [1.807, 2.05) is 13.8 Å². The first-order chi connectivity index (χ1) is 6.40. The third kappa shape index (κ3) is 2.33. The Morgan fingerprint density at radius 2 is 1.86 bits per heavy atom. The number of carbonyl (C=O) groups excluding carboxylic acids is 1. The van der Waals surface area contributed by atoms with Gasteiger partial charge in [-0.2, -0.15) is 0 Å². The summed E-state index contributed by atoms with van der Waals surface area (Å²) in [5.41, 5.74) is -0.732. The van der Waals surface area contributed by atoms with Gasteiger partial charge >= 0.3 is 5.97 Å². The molecule has 0 spiro atoms. The minimum absolute atomic E-state index is 0.298. The van der Waals surface area contributed by atoms with Gasteiger partial charge in [0.25, 0.3) is 0 Å². The van der Waals surface area contributed by atoms with Gasteiger partial charge in [0, 0.05) is 0 Å². The second kappa shape index (κ2) is 3.71. The van der Waals surface area contributed by atoms with Gasteiger partial charge in [-0.25, -0.2) is 0 Å². The normalized spacial score (nSPS) is 23.9. The van der Waals surface area contributed by atoms with Crippen LogP contribution in [-0.2, 0) is 19.0 Å². The molecule has 1 heterocycles. The number of hydrogen-bond donors (Lipinski definition) is 0. The van der Waals surface area contributed by atoms with E-state index in [0.717, 1.165) is 6.26 Å². The van der Waals surface area contributed by atoms with Crippen LogP contribution < -0.4 is 0 Å². The van der Waals surface area contributed by atoms with Crippen LogP contribution in [0.4, 0.5) is 0 Å². The van der Waals surface area contributed by atoms with Gasteiger partial charge in [-0.3, -0.25) is 4.79 Å². The molecule has 0 radical (unpaired) electrons. The molecule has 1 aliphatic heterocycles. The number of ether oxygens (including phenoxy) is 3. The molecule has 0 N–H and O–H groups in total. The van der Waals surface area contributed by atoms with E-state index >= 15 is 0 Å². The van der Waals surface area contributed by atoms with Crippen LogP contribution in [0.15, 0.2) is 12.8 Å². The predicted octanol–water partition coefficient (Wildman–Crippen LogP) is 1.46. The Morgan fingerprint density at radius 1 is 1.36 bits per heavy atom. The van der Waals surface area contributed by atoms with Crippen LogP contribution in [0, 0.1) is 5.41 Å². The second-order valence-corrected chi connectivity index (χ2v) is 4.11. The van der Waals surface area contributed by atoms with Gasteiger partial charge < -0.3 is 14.2 Å². The van der Waals surface area contributed by atoms with E-state index in [-0.39, 0.29) is 5.97 Å². The van der Waals surface area contributed by atoms with Crippen molar-refractivity contribution in [2.75, 3.05) is 13.2 Å². The van der Waals surface area contributed by atoms with Gasteiger partial charge in [0.15, 0.2) is 5.79 Å². The monoisotopic (exact) mass is 200 g/mol. The number of carbonyl (C=O) groups is 1. The van der Waals surface area contributed by atoms with E-state index in [4.69, 9.17) is 14.2 Å². The maximum atomic E-state index is 11.5. The fraction of sp³-hybridized carbons (Fsp3) is 0.700. The zero-order valence-electron chi connectivity index (χ0n) is 8.83. The maximum absolute atomic E-state index is 11.5. The SMILES string of the molecule is C=COC(=O)C1(C)COC(C)(C)OC1. The van der Waals surface area contributed by atoms with Crippen LogP contribution >= 0.6 is 0 Å². The lowest BCUT2D eigenvalue weighted by Crippen LogP contribution is -2.49. The second-order valence-electron chi connectivity index (χ2n) is 4.11. The van der Waals surface area contributed by atoms with Crippen LogP contribution in [0.5, 0.6) is 0 Å². The quantitative estimate of drug-likeness (QED) is 0.500. The fourth-order valence-electron chi connectivity index (χ4n) is 1.09. The van der Waals surface area contributed by atoms with Crippen molar-refractivity contribution in [1.29, 1.82) is 0 Å². The summed E-state index contributed by atoms with van der Waals surface area (Å²) in [6.07, 6.45) is 1.12. The van der Waals surface area contributed by atoms with Crippen LogP contribution in [-0.4, -0.2) is 25.0 Å². The lowest BCUT2D eigenvalue weighted by atomic mass is 9.92. The van der Waals surface area contributed by atoms with Gasteiger partial charge in [0.1, 0.15) is 5.41 Å². The molecule has 0 bridgehead atoms. The van der Waals surface area contributed by atoms with Crippen molar-refractivity contribution in [2.45, 2.75) is 26.6 Å². The van der Waals surface area contributed by atoms with Crippen LogP contribution in [0.25, 0.3) is 0 Å². The standard InChI is InChI=1S/C10H16O4/c1-5-12-8(11)10(4)6-13-9(2,3)14-7-10/h5H,1,6-7H2,2-4H3. The molecule has 0 aromatic heterocycles. The number of hydrogen-bond acceptors (Lipinski definition) is 4. The van der Waals surface area contributed by atoms with Crippen molar-refractivity contribution in [2.24, 2.45) is 5.41 Å². The first-order valence-electron chi connectivity index (χ1n) is 4.49. The van der Waals surface area contributed by atoms with Gasteiger partial charge in [-0.1, -0.05) is 6.58 Å². The lowest BCUT2D eigenvalue weighted by Gasteiger charge is -2.39. The van der Waals surface area contributed by atoms with Gasteiger partial charge in [-0.15, -0.1) is 0 Å². The highest BCUT2D eigenvalue weighted by atomic mass is 16.7. The topological polar surface area (TPSA) is 44.8 Å². The molecule has 4 nitrogen and oxygen atoms in total. The molecule has 0 aromatic carbocycles. The van der Waals surface area contributed by atoms with Gasteiger partial charge in [0.2, 0.25) is 0 Å². The van der Waals surface area contributed by atoms with E-state index in [2.05, 4.69) is 6.58 Å². The van der Waals surface area contributed by atoms with E-state index in [1.54, 1.807) is 6.92 Å². The van der Waals surface area contributed by atoms with Crippen molar-refractivity contribution < 1.29 is 19.0 Å². The van der Waals surface area contributed by atoms with Crippen molar-refractivity contribution in [3.8, 4) is 0 Å². The van der Waals surface area contributed by atoms with E-state index < -0.39 is 11.2 Å². The molecule has 1 saturated heterocycles. The zero-order valence-corrected chi connectivity index (χ0v) is 8.83. The third-order valence-corrected chi connectivity index (χ3v) is 2.16. The summed E-state index contributed by atoms with van der Waals surface area (Å²) in [5, 5.41) is 0. The molecule has 0 saturated carbocycles. The number of rotatable bonds is 2. The molecule has 1 fully saturated rings. The van der Waals surface area contributed by atoms with Crippen molar-refractivity contribution in [3.63, 3.8) is 0 Å². The Hall–Kier alpha value is -0.870. The Balaban J connectivity index is 2.61. The summed E-state index contributed by atoms with van der Waals surface area (Å²) in [6.45, 7) is 9.29. The molecular weight excluding hydrogens is 184 g/mol. The van der Waals surface area contributed by atoms with Crippen molar-refractivity contribution in [3.05, 3.63) is 12.8 Å². The maximum Gasteiger partial charge on any atom is 0.321 e. The summed E-state index contributed by atoms with van der Waals surface area (Å²) in [5.74, 6) is -0.989. The molecule has 0 aromatic rings. The molecule has 1 rings (SSSR count). The Morgan fingerprint density at radius 3 is 2.29 bits per heavy atom. The molecule has 0 atom stereocenters. The van der Waals surface area contributed by atoms with Gasteiger partial charge in [0.05, 0.1) is 19.5 Å². The highest BCUT2D eigenvalue weighted by Gasteiger charge is 2.43. The lowest BCUT2D eigenvalue weighted by molar-refractivity contribution is -0.280. The predicted molar refractivity (Wildman–Crippen MR) is 50.4 cm³/mol. The Kier molecular flexibility index (Phi) is 2.97. The molecule has 0 amide bonds. The third-order valence-electron chi connectivity index (χ3n) is 2.16. The van der Waals surface area contributed by atoms with Crippen molar-refractivity contribution >= 4 is 5.97 Å². The highest BCUT2D eigenvalue weighted by molar-refractivity contribution is 5.77. The first-order valence-corrected chi connectivity index (χ1v) is 4.49. The molecule has 0 aliphatic carbocycles. The summed E-state index contributed by atoms with van der Waals surface area (Å²) < 4.78 is 15.5. The summed E-state index contributed by atoms with van der Waals surface area (Å²) in [7, 11) is 0. The fourth-order valence-corrected chi connectivity index (χ4v) is 1.09. The first kappa shape index (κ1) is 11.2. The average Bonchev–Trinajstić information content (AvgIpc) is 2.11. The molecule has 14 heavy (non-hydrogen) atoms. The Bertz CT molecular complexity index is 235. The van der Waals surface area contributed by atoms with Gasteiger partial charge in [-0.05, 0) is 20.8 Å². The van der Waals surface area contributed by atoms with Crippen LogP contribution in [0.3, 0.4) is 0 Å². The van der Waals surface area contributed by atoms with E-state index in [9.17, 15) is 4.79 Å². The molecule has 0 unspecified atom stereocenters. The summed E-state index contributed by atoms with van der Waals surface area (Å²) in [6, 6.07) is 0. The zero-order chi connectivity index (χ0) is 10.8. The summed E-state index contributed by atoms with van der Waals surface area (Å²) >= 11 is 0. The minimum atomic E-state index is -0.732. The average molecular weight is 200 g/mol. The molecule has 1 aliphatic rings. The van der Waals surface area contributed by atoms with Crippen molar-refractivity contribution in [1.82, 2.24) is 0 Å². The summed E-state index contributed by atoms with van der Waals surface area (Å²) in [4.78, 5) is 11.5. The van der Waals surface area contributed by atoms with E-state index in [1.165, 1.54) is 0 Å². The molecule has 4 heteroatoms. The van der Waals surface area contributed by atoms with Crippen LogP contribution in [0.2, 0.25) is 0 Å². The number of esters is 1. The highest BCUT2D eigenvalue weighted by Crippen LogP contribution is 2.30.